The molecule has 1 aliphatic rings. The van der Waals surface area contributed by atoms with Crippen molar-refractivity contribution in [3.05, 3.63) is 0 Å². The van der Waals surface area contributed by atoms with Gasteiger partial charge in [-0.2, -0.15) is 0 Å². The number of piperidine rings is 1. The van der Waals surface area contributed by atoms with Gasteiger partial charge in [-0.05, 0) is 27.7 Å². The maximum atomic E-state index is 12.0. The van der Waals surface area contributed by atoms with E-state index in [1.807, 2.05) is 27.7 Å². The van der Waals surface area contributed by atoms with Gasteiger partial charge in [-0.1, -0.05) is 0 Å². The molecule has 0 bridgehead atoms. The molecule has 5 nitrogen and oxygen atoms in total. The molecule has 18 heavy (non-hydrogen) atoms. The van der Waals surface area contributed by atoms with E-state index in [0.29, 0.717) is 26.1 Å². The van der Waals surface area contributed by atoms with E-state index in [1.54, 1.807) is 12.0 Å². The van der Waals surface area contributed by atoms with Crippen molar-refractivity contribution in [3.63, 3.8) is 0 Å². The molecule has 1 amide bonds. The molecule has 0 spiro atoms. The van der Waals surface area contributed by atoms with Crippen LogP contribution in [0, 0.1) is 5.41 Å². The molecule has 5 heteroatoms. The van der Waals surface area contributed by atoms with E-state index in [4.69, 9.17) is 9.47 Å². The molecule has 1 fully saturated rings. The first-order chi connectivity index (χ1) is 8.18. The highest BCUT2D eigenvalue weighted by atomic mass is 16.6. The first kappa shape index (κ1) is 15.0. The Hall–Kier alpha value is -1.10. The van der Waals surface area contributed by atoms with Crippen molar-refractivity contribution in [1.29, 1.82) is 0 Å². The van der Waals surface area contributed by atoms with E-state index in [0.717, 1.165) is 0 Å². The van der Waals surface area contributed by atoms with Crippen molar-refractivity contribution in [2.45, 2.75) is 39.7 Å². The lowest BCUT2D eigenvalue weighted by Gasteiger charge is -2.39. The maximum Gasteiger partial charge on any atom is 0.410 e. The van der Waals surface area contributed by atoms with Crippen molar-refractivity contribution in [3.8, 4) is 0 Å². The lowest BCUT2D eigenvalue weighted by Crippen LogP contribution is -2.52. The van der Waals surface area contributed by atoms with Crippen LogP contribution in [0.25, 0.3) is 0 Å². The van der Waals surface area contributed by atoms with Gasteiger partial charge in [-0.25, -0.2) is 4.79 Å². The zero-order valence-electron chi connectivity index (χ0n) is 11.9. The van der Waals surface area contributed by atoms with Crippen LogP contribution in [0.2, 0.25) is 0 Å². The van der Waals surface area contributed by atoms with Gasteiger partial charge in [0.05, 0.1) is 12.0 Å². The first-order valence-electron chi connectivity index (χ1n) is 6.18. The molecule has 0 saturated carbocycles. The van der Waals surface area contributed by atoms with Gasteiger partial charge in [0.25, 0.3) is 0 Å². The number of hydrogen-bond donors (Lipinski definition) is 0. The van der Waals surface area contributed by atoms with Gasteiger partial charge in [0.1, 0.15) is 11.4 Å². The molecule has 1 unspecified atom stereocenters. The number of amides is 1. The quantitative estimate of drug-likeness (QED) is 0.757. The molecular weight excluding hydrogens is 234 g/mol. The van der Waals surface area contributed by atoms with E-state index in [9.17, 15) is 9.59 Å². The molecule has 104 valence electrons. The SMILES string of the molecule is COCC1(C)CN(C(=O)OC(C)(C)C)CCC1=O. The third-order valence-electron chi connectivity index (χ3n) is 2.94. The molecule has 1 heterocycles. The Bertz CT molecular complexity index is 334. The first-order valence-corrected chi connectivity index (χ1v) is 6.18. The zero-order valence-corrected chi connectivity index (χ0v) is 11.9. The number of methoxy groups -OCH3 is 1. The maximum absolute atomic E-state index is 12.0. The van der Waals surface area contributed by atoms with Gasteiger partial charge >= 0.3 is 6.09 Å². The fourth-order valence-corrected chi connectivity index (χ4v) is 2.05. The highest BCUT2D eigenvalue weighted by Gasteiger charge is 2.41. The summed E-state index contributed by atoms with van der Waals surface area (Å²) in [5, 5.41) is 0. The van der Waals surface area contributed by atoms with Gasteiger partial charge in [0.15, 0.2) is 0 Å². The molecule has 0 aromatic heterocycles. The number of hydrogen-bond acceptors (Lipinski definition) is 4. The number of Topliss-reactive ketones (excluding diaryl/α,β-unsaturated/α-hetero) is 1. The van der Waals surface area contributed by atoms with Crippen LogP contribution in [0.15, 0.2) is 0 Å². The molecule has 0 radical (unpaired) electrons. The van der Waals surface area contributed by atoms with Crippen LogP contribution in [0.5, 0.6) is 0 Å². The molecule has 1 aliphatic heterocycles. The predicted molar refractivity (Wildman–Crippen MR) is 67.4 cm³/mol. The molecule has 0 aromatic carbocycles. The van der Waals surface area contributed by atoms with Crippen LogP contribution < -0.4 is 0 Å². The fourth-order valence-electron chi connectivity index (χ4n) is 2.05. The van der Waals surface area contributed by atoms with Crippen LogP contribution in [-0.2, 0) is 14.3 Å². The number of ketones is 1. The van der Waals surface area contributed by atoms with Crippen molar-refractivity contribution in [1.82, 2.24) is 4.90 Å². The van der Waals surface area contributed by atoms with E-state index < -0.39 is 11.0 Å². The molecule has 1 atom stereocenters. The number of nitrogens with zero attached hydrogens (tertiary/aromatic N) is 1. The Morgan fingerprint density at radius 1 is 1.44 bits per heavy atom. The lowest BCUT2D eigenvalue weighted by atomic mass is 9.81. The van der Waals surface area contributed by atoms with Gasteiger partial charge in [-0.15, -0.1) is 0 Å². The van der Waals surface area contributed by atoms with E-state index >= 15 is 0 Å². The topological polar surface area (TPSA) is 55.8 Å². The number of rotatable bonds is 2. The van der Waals surface area contributed by atoms with Crippen LogP contribution in [0.3, 0.4) is 0 Å². The largest absolute Gasteiger partial charge is 0.444 e. The van der Waals surface area contributed by atoms with E-state index in [-0.39, 0.29) is 11.9 Å². The second kappa shape index (κ2) is 5.26. The van der Waals surface area contributed by atoms with Gasteiger partial charge < -0.3 is 14.4 Å². The van der Waals surface area contributed by atoms with Gasteiger partial charge in [0, 0.05) is 26.6 Å². The molecule has 0 aliphatic carbocycles. The van der Waals surface area contributed by atoms with E-state index in [1.165, 1.54) is 0 Å². The summed E-state index contributed by atoms with van der Waals surface area (Å²) in [6.45, 7) is 8.42. The summed E-state index contributed by atoms with van der Waals surface area (Å²) in [7, 11) is 1.56. The predicted octanol–water partition coefficient (Wildman–Crippen LogP) is 1.85. The number of likely N-dealkylation sites (tertiary alicyclic amines) is 1. The van der Waals surface area contributed by atoms with Crippen molar-refractivity contribution in [2.75, 3.05) is 26.8 Å². The standard InChI is InChI=1S/C13H23NO4/c1-12(2,3)18-11(16)14-7-6-10(15)13(4,8-14)9-17-5/h6-9H2,1-5H3. The summed E-state index contributed by atoms with van der Waals surface area (Å²) in [4.78, 5) is 25.5. The number of ether oxygens (including phenoxy) is 2. The normalized spacial score (nSPS) is 25.2. The molecule has 1 rings (SSSR count). The smallest absolute Gasteiger partial charge is 0.410 e. The number of carbonyl (C=O) groups excluding carboxylic acids is 2. The third-order valence-corrected chi connectivity index (χ3v) is 2.94. The van der Waals surface area contributed by atoms with Crippen molar-refractivity contribution >= 4 is 11.9 Å². The Balaban J connectivity index is 2.70. The molecule has 0 N–H and O–H groups in total. The minimum atomic E-state index is -0.621. The lowest BCUT2D eigenvalue weighted by molar-refractivity contribution is -0.135. The second-order valence-electron chi connectivity index (χ2n) is 6.07. The van der Waals surface area contributed by atoms with Crippen molar-refractivity contribution < 1.29 is 19.1 Å². The summed E-state index contributed by atoms with van der Waals surface area (Å²) >= 11 is 0. The van der Waals surface area contributed by atoms with Crippen LogP contribution in [-0.4, -0.2) is 49.2 Å². The number of carbonyl (C=O) groups is 2. The second-order valence-corrected chi connectivity index (χ2v) is 6.07. The Kier molecular flexibility index (Phi) is 4.37. The highest BCUT2D eigenvalue weighted by Crippen LogP contribution is 2.27. The monoisotopic (exact) mass is 257 g/mol. The Labute approximate surface area is 108 Å². The summed E-state index contributed by atoms with van der Waals surface area (Å²) in [6.07, 6.45) is -0.00336. The van der Waals surface area contributed by atoms with Crippen LogP contribution in [0.1, 0.15) is 34.1 Å². The molecule has 1 saturated heterocycles. The van der Waals surface area contributed by atoms with Crippen LogP contribution in [0.4, 0.5) is 4.79 Å². The van der Waals surface area contributed by atoms with Crippen molar-refractivity contribution in [2.24, 2.45) is 5.41 Å². The summed E-state index contributed by atoms with van der Waals surface area (Å²) < 4.78 is 10.4. The van der Waals surface area contributed by atoms with Crippen LogP contribution >= 0.6 is 0 Å². The molecular formula is C13H23NO4. The third kappa shape index (κ3) is 3.70. The minimum Gasteiger partial charge on any atom is -0.444 e. The van der Waals surface area contributed by atoms with Gasteiger partial charge in [0.2, 0.25) is 0 Å². The average molecular weight is 257 g/mol. The zero-order chi connectivity index (χ0) is 14.0. The fraction of sp³-hybridized carbons (Fsp3) is 0.846. The Morgan fingerprint density at radius 2 is 2.06 bits per heavy atom. The average Bonchev–Trinajstić information content (AvgIpc) is 2.20. The van der Waals surface area contributed by atoms with Gasteiger partial charge in [-0.3, -0.25) is 4.79 Å². The van der Waals surface area contributed by atoms with E-state index in [2.05, 4.69) is 0 Å². The Morgan fingerprint density at radius 3 is 2.56 bits per heavy atom. The summed E-state index contributed by atoms with van der Waals surface area (Å²) in [5.41, 5.74) is -1.14. The highest BCUT2D eigenvalue weighted by molar-refractivity contribution is 5.87. The molecule has 0 aromatic rings. The summed E-state index contributed by atoms with van der Waals surface area (Å²) in [5.74, 6) is 0.143. The minimum absolute atomic E-state index is 0.143. The summed E-state index contributed by atoms with van der Waals surface area (Å²) in [6, 6.07) is 0.